The van der Waals surface area contributed by atoms with Gasteiger partial charge in [0, 0.05) is 18.2 Å². The van der Waals surface area contributed by atoms with Gasteiger partial charge in [-0.1, -0.05) is 6.07 Å². The van der Waals surface area contributed by atoms with Gasteiger partial charge in [-0.15, -0.1) is 0 Å². The molecule has 3 aromatic carbocycles. The second kappa shape index (κ2) is 10.5. The molecule has 1 saturated heterocycles. The van der Waals surface area contributed by atoms with Crippen LogP contribution in [0.15, 0.2) is 66.2 Å². The zero-order valence-electron chi connectivity index (χ0n) is 20.5. The highest BCUT2D eigenvalue weighted by Gasteiger charge is 2.37. The van der Waals surface area contributed by atoms with Crippen LogP contribution in [-0.4, -0.2) is 36.2 Å². The Bertz CT molecular complexity index is 1520. The SMILES string of the molecule is CCOc1cc(/C=C2\C(=O)NC(=O)N(c3ccc4c(c3)OCO4)C2=O)ccc1OCc1ccc([N+](=O)[O-])cc1. The molecule has 0 radical (unpaired) electrons. The monoisotopic (exact) mass is 531 g/mol. The summed E-state index contributed by atoms with van der Waals surface area (Å²) in [4.78, 5) is 49.6. The first kappa shape index (κ1) is 25.3. The van der Waals surface area contributed by atoms with Crippen LogP contribution in [0.2, 0.25) is 0 Å². The van der Waals surface area contributed by atoms with Crippen LogP contribution >= 0.6 is 0 Å². The molecule has 12 heteroatoms. The lowest BCUT2D eigenvalue weighted by Gasteiger charge is -2.26. The number of urea groups is 1. The van der Waals surface area contributed by atoms with Crippen LogP contribution < -0.4 is 29.2 Å². The van der Waals surface area contributed by atoms with Gasteiger partial charge in [0.05, 0.1) is 17.2 Å². The van der Waals surface area contributed by atoms with Crippen molar-refractivity contribution in [3.63, 3.8) is 0 Å². The van der Waals surface area contributed by atoms with Crippen molar-refractivity contribution >= 4 is 35.3 Å². The number of anilines is 1. The summed E-state index contributed by atoms with van der Waals surface area (Å²) >= 11 is 0. The number of nitrogens with one attached hydrogen (secondary N) is 1. The van der Waals surface area contributed by atoms with Gasteiger partial charge < -0.3 is 18.9 Å². The van der Waals surface area contributed by atoms with Crippen LogP contribution in [0.25, 0.3) is 6.08 Å². The number of barbiturate groups is 1. The maximum Gasteiger partial charge on any atom is 0.335 e. The number of non-ortho nitro benzene ring substituents is 1. The van der Waals surface area contributed by atoms with E-state index >= 15 is 0 Å². The van der Waals surface area contributed by atoms with E-state index in [9.17, 15) is 24.5 Å². The van der Waals surface area contributed by atoms with E-state index in [1.165, 1.54) is 30.3 Å². The second-order valence-corrected chi connectivity index (χ2v) is 8.35. The fraction of sp³-hybridized carbons (Fsp3) is 0.148. The highest BCUT2D eigenvalue weighted by molar-refractivity contribution is 6.39. The summed E-state index contributed by atoms with van der Waals surface area (Å²) in [6, 6.07) is 14.5. The molecule has 0 aliphatic carbocycles. The maximum atomic E-state index is 13.3. The minimum Gasteiger partial charge on any atom is -0.490 e. The van der Waals surface area contributed by atoms with Crippen molar-refractivity contribution in [2.24, 2.45) is 0 Å². The molecule has 4 amide bonds. The van der Waals surface area contributed by atoms with Crippen molar-refractivity contribution in [3.8, 4) is 23.0 Å². The molecule has 0 spiro atoms. The summed E-state index contributed by atoms with van der Waals surface area (Å²) in [5.74, 6) is -0.0245. The van der Waals surface area contributed by atoms with E-state index in [1.54, 1.807) is 43.3 Å². The largest absolute Gasteiger partial charge is 0.490 e. The van der Waals surface area contributed by atoms with Crippen LogP contribution in [0.3, 0.4) is 0 Å². The number of nitro groups is 1. The predicted octanol–water partition coefficient (Wildman–Crippen LogP) is 3.97. The van der Waals surface area contributed by atoms with Crippen molar-refractivity contribution in [2.45, 2.75) is 13.5 Å². The van der Waals surface area contributed by atoms with Crippen LogP contribution in [0.4, 0.5) is 16.2 Å². The molecule has 12 nitrogen and oxygen atoms in total. The Morgan fingerprint density at radius 1 is 0.974 bits per heavy atom. The Morgan fingerprint density at radius 3 is 2.49 bits per heavy atom. The first-order chi connectivity index (χ1) is 18.8. The van der Waals surface area contributed by atoms with Gasteiger partial charge in [-0.25, -0.2) is 9.69 Å². The fourth-order valence-corrected chi connectivity index (χ4v) is 3.96. The number of ether oxygens (including phenoxy) is 4. The van der Waals surface area contributed by atoms with Gasteiger partial charge in [0.1, 0.15) is 12.2 Å². The number of rotatable bonds is 8. The number of imide groups is 2. The molecular formula is C27H21N3O9. The average molecular weight is 531 g/mol. The number of fused-ring (bicyclic) bond motifs is 1. The first-order valence-electron chi connectivity index (χ1n) is 11.8. The molecule has 2 heterocycles. The fourth-order valence-electron chi connectivity index (χ4n) is 3.96. The molecule has 0 aromatic heterocycles. The zero-order chi connectivity index (χ0) is 27.5. The minimum atomic E-state index is -0.883. The van der Waals surface area contributed by atoms with Crippen LogP contribution in [0, 0.1) is 10.1 Å². The Hall–Kier alpha value is -5.39. The summed E-state index contributed by atoms with van der Waals surface area (Å²) in [6.07, 6.45) is 1.35. The minimum absolute atomic E-state index is 0.0220. The van der Waals surface area contributed by atoms with Gasteiger partial charge in [-0.3, -0.25) is 25.0 Å². The number of nitro benzene ring substituents is 1. The molecule has 0 atom stereocenters. The Balaban J connectivity index is 1.38. The lowest BCUT2D eigenvalue weighted by atomic mass is 10.1. The topological polar surface area (TPSA) is 147 Å². The maximum absolute atomic E-state index is 13.3. The highest BCUT2D eigenvalue weighted by Crippen LogP contribution is 2.37. The number of carbonyl (C=O) groups is 3. The summed E-state index contributed by atoms with van der Waals surface area (Å²) in [5, 5.41) is 13.0. The third-order valence-corrected chi connectivity index (χ3v) is 5.84. The van der Waals surface area contributed by atoms with Gasteiger partial charge in [0.25, 0.3) is 17.5 Å². The molecule has 198 valence electrons. The Labute approximate surface area is 221 Å². The molecule has 3 aromatic rings. The highest BCUT2D eigenvalue weighted by atomic mass is 16.7. The number of hydrogen-bond donors (Lipinski definition) is 1. The number of benzene rings is 3. The number of nitrogens with zero attached hydrogens (tertiary/aromatic N) is 2. The van der Waals surface area contributed by atoms with Crippen molar-refractivity contribution < 1.29 is 38.3 Å². The van der Waals surface area contributed by atoms with E-state index < -0.39 is 22.8 Å². The molecule has 0 bridgehead atoms. The molecule has 5 rings (SSSR count). The lowest BCUT2D eigenvalue weighted by molar-refractivity contribution is -0.384. The quantitative estimate of drug-likeness (QED) is 0.197. The third kappa shape index (κ3) is 5.21. The normalized spacial score (nSPS) is 15.4. The van der Waals surface area contributed by atoms with Gasteiger partial charge in [0.2, 0.25) is 6.79 Å². The summed E-state index contributed by atoms with van der Waals surface area (Å²) in [7, 11) is 0. The predicted molar refractivity (Wildman–Crippen MR) is 137 cm³/mol. The van der Waals surface area contributed by atoms with E-state index in [0.29, 0.717) is 40.7 Å². The van der Waals surface area contributed by atoms with Gasteiger partial charge in [0.15, 0.2) is 23.0 Å². The van der Waals surface area contributed by atoms with E-state index in [0.717, 1.165) is 4.90 Å². The van der Waals surface area contributed by atoms with E-state index in [2.05, 4.69) is 5.32 Å². The van der Waals surface area contributed by atoms with Crippen molar-refractivity contribution in [1.29, 1.82) is 0 Å². The smallest absolute Gasteiger partial charge is 0.335 e. The number of amides is 4. The summed E-state index contributed by atoms with van der Waals surface area (Å²) < 4.78 is 22.1. The lowest BCUT2D eigenvalue weighted by Crippen LogP contribution is -2.54. The van der Waals surface area contributed by atoms with Crippen LogP contribution in [-0.2, 0) is 16.2 Å². The Kier molecular flexibility index (Phi) is 6.83. The van der Waals surface area contributed by atoms with Gasteiger partial charge >= 0.3 is 6.03 Å². The average Bonchev–Trinajstić information content (AvgIpc) is 3.39. The number of carbonyl (C=O) groups excluding carboxylic acids is 3. The summed E-state index contributed by atoms with van der Waals surface area (Å²) in [5.41, 5.74) is 1.11. The molecule has 39 heavy (non-hydrogen) atoms. The van der Waals surface area contributed by atoms with Crippen LogP contribution in [0.1, 0.15) is 18.1 Å². The van der Waals surface area contributed by atoms with Crippen molar-refractivity contribution in [2.75, 3.05) is 18.3 Å². The third-order valence-electron chi connectivity index (χ3n) is 5.84. The van der Waals surface area contributed by atoms with E-state index in [4.69, 9.17) is 18.9 Å². The van der Waals surface area contributed by atoms with Crippen molar-refractivity contribution in [1.82, 2.24) is 5.32 Å². The second-order valence-electron chi connectivity index (χ2n) is 8.35. The van der Waals surface area contributed by atoms with E-state index in [1.807, 2.05) is 0 Å². The number of hydrogen-bond acceptors (Lipinski definition) is 9. The molecule has 0 saturated carbocycles. The Morgan fingerprint density at radius 2 is 1.74 bits per heavy atom. The van der Waals surface area contributed by atoms with Gasteiger partial charge in [-0.05, 0) is 60.5 Å². The first-order valence-corrected chi connectivity index (χ1v) is 11.8. The zero-order valence-corrected chi connectivity index (χ0v) is 20.5. The molecule has 0 unspecified atom stereocenters. The molecular weight excluding hydrogens is 510 g/mol. The molecule has 2 aliphatic rings. The van der Waals surface area contributed by atoms with E-state index in [-0.39, 0.29) is 30.3 Å². The summed E-state index contributed by atoms with van der Waals surface area (Å²) in [6.45, 7) is 2.27. The van der Waals surface area contributed by atoms with Crippen molar-refractivity contribution in [3.05, 3.63) is 87.5 Å². The van der Waals surface area contributed by atoms with Crippen LogP contribution in [0.5, 0.6) is 23.0 Å². The molecule has 1 N–H and O–H groups in total. The molecule has 1 fully saturated rings. The molecule has 2 aliphatic heterocycles. The van der Waals surface area contributed by atoms with Gasteiger partial charge in [-0.2, -0.15) is 0 Å². The standard InChI is InChI=1S/C27H21N3O9/c1-2-36-23-12-17(5-9-21(23)37-14-16-3-6-18(7-4-16)30(34)35)11-20-25(31)28-27(33)29(26(20)32)19-8-10-22-24(13-19)39-15-38-22/h3-13H,2,14-15H2,1H3,(H,28,31,33)/b20-11+.